The van der Waals surface area contributed by atoms with Gasteiger partial charge in [-0.3, -0.25) is 0 Å². The molecule has 0 amide bonds. The summed E-state index contributed by atoms with van der Waals surface area (Å²) in [6.07, 6.45) is 2.85. The van der Waals surface area contributed by atoms with Crippen molar-refractivity contribution in [1.29, 1.82) is 0 Å². The van der Waals surface area contributed by atoms with E-state index in [2.05, 4.69) is 6.92 Å². The number of aliphatic hydroxyl groups is 1. The molecule has 0 heterocycles. The van der Waals surface area contributed by atoms with Gasteiger partial charge < -0.3 is 5.11 Å². The maximum atomic E-state index is 12.8. The standard InChI is InChI=1S/C15H24ClNO3S/c1-4-5-6-9-17(12(2)3)21(19,20)15-10-13(11-18)7-8-14(15)16/h7-8,10,12,18H,4-6,9,11H2,1-3H3. The van der Waals surface area contributed by atoms with Crippen molar-refractivity contribution in [2.75, 3.05) is 6.54 Å². The van der Waals surface area contributed by atoms with Crippen molar-refractivity contribution >= 4 is 21.6 Å². The van der Waals surface area contributed by atoms with Crippen molar-refractivity contribution in [1.82, 2.24) is 4.31 Å². The summed E-state index contributed by atoms with van der Waals surface area (Å²) < 4.78 is 27.1. The second kappa shape index (κ2) is 8.13. The molecule has 1 N–H and O–H groups in total. The van der Waals surface area contributed by atoms with E-state index < -0.39 is 10.0 Å². The Morgan fingerprint density at radius 1 is 1.29 bits per heavy atom. The fourth-order valence-corrected chi connectivity index (χ4v) is 4.35. The summed E-state index contributed by atoms with van der Waals surface area (Å²) in [6.45, 7) is 6.06. The first-order valence-electron chi connectivity index (χ1n) is 7.25. The Balaban J connectivity index is 3.16. The number of benzene rings is 1. The molecular weight excluding hydrogens is 310 g/mol. The number of hydrogen-bond acceptors (Lipinski definition) is 3. The minimum Gasteiger partial charge on any atom is -0.392 e. The highest BCUT2D eigenvalue weighted by Crippen LogP contribution is 2.27. The Kier molecular flexibility index (Phi) is 7.13. The van der Waals surface area contributed by atoms with Crippen LogP contribution in [-0.4, -0.2) is 30.4 Å². The molecular formula is C15H24ClNO3S. The van der Waals surface area contributed by atoms with Crippen molar-refractivity contribution in [3.63, 3.8) is 0 Å². The molecule has 0 aliphatic heterocycles. The lowest BCUT2D eigenvalue weighted by Gasteiger charge is -2.26. The van der Waals surface area contributed by atoms with Gasteiger partial charge in [0.15, 0.2) is 0 Å². The fraction of sp³-hybridized carbons (Fsp3) is 0.600. The fourth-order valence-electron chi connectivity index (χ4n) is 2.14. The first kappa shape index (κ1) is 18.4. The number of rotatable bonds is 8. The average Bonchev–Trinajstić information content (AvgIpc) is 2.43. The molecule has 1 aromatic carbocycles. The third-order valence-electron chi connectivity index (χ3n) is 3.32. The van der Waals surface area contributed by atoms with Gasteiger partial charge >= 0.3 is 0 Å². The van der Waals surface area contributed by atoms with Crippen molar-refractivity contribution in [3.05, 3.63) is 28.8 Å². The van der Waals surface area contributed by atoms with Gasteiger partial charge in [0, 0.05) is 12.6 Å². The Labute approximate surface area is 132 Å². The first-order chi connectivity index (χ1) is 9.84. The molecule has 1 rings (SSSR count). The normalized spacial score (nSPS) is 12.3. The molecule has 0 aromatic heterocycles. The topological polar surface area (TPSA) is 57.6 Å². The molecule has 0 aliphatic rings. The van der Waals surface area contributed by atoms with Crippen molar-refractivity contribution in [3.8, 4) is 0 Å². The van der Waals surface area contributed by atoms with Crippen molar-refractivity contribution in [2.45, 2.75) is 57.6 Å². The van der Waals surface area contributed by atoms with Crippen LogP contribution in [0.5, 0.6) is 0 Å². The lowest BCUT2D eigenvalue weighted by atomic mass is 10.2. The van der Waals surface area contributed by atoms with E-state index in [9.17, 15) is 13.5 Å². The van der Waals surface area contributed by atoms with Gasteiger partial charge in [-0.25, -0.2) is 8.42 Å². The van der Waals surface area contributed by atoms with Crippen molar-refractivity contribution in [2.24, 2.45) is 0 Å². The molecule has 6 heteroatoms. The van der Waals surface area contributed by atoms with Crippen LogP contribution < -0.4 is 0 Å². The molecule has 120 valence electrons. The summed E-state index contributed by atoms with van der Waals surface area (Å²) in [6, 6.07) is 4.45. The van der Waals surface area contributed by atoms with Gasteiger partial charge in [-0.15, -0.1) is 0 Å². The van der Waals surface area contributed by atoms with Gasteiger partial charge in [-0.1, -0.05) is 37.4 Å². The van der Waals surface area contributed by atoms with Crippen LogP contribution in [0.3, 0.4) is 0 Å². The van der Waals surface area contributed by atoms with Crippen LogP contribution in [0, 0.1) is 0 Å². The first-order valence-corrected chi connectivity index (χ1v) is 9.07. The lowest BCUT2D eigenvalue weighted by molar-refractivity contribution is 0.281. The van der Waals surface area contributed by atoms with Gasteiger partial charge in [0.25, 0.3) is 0 Å². The smallest absolute Gasteiger partial charge is 0.244 e. The monoisotopic (exact) mass is 333 g/mol. The minimum atomic E-state index is -3.65. The van der Waals surface area contributed by atoms with Gasteiger partial charge in [-0.05, 0) is 38.0 Å². The van der Waals surface area contributed by atoms with Gasteiger partial charge in [0.1, 0.15) is 4.90 Å². The molecule has 0 bridgehead atoms. The number of unbranched alkanes of at least 4 members (excludes halogenated alkanes) is 2. The van der Waals surface area contributed by atoms with E-state index in [4.69, 9.17) is 11.6 Å². The maximum Gasteiger partial charge on any atom is 0.244 e. The largest absolute Gasteiger partial charge is 0.392 e. The molecule has 0 atom stereocenters. The van der Waals surface area contributed by atoms with Crippen LogP contribution in [0.4, 0.5) is 0 Å². The zero-order valence-corrected chi connectivity index (χ0v) is 14.4. The predicted molar refractivity (Wildman–Crippen MR) is 85.9 cm³/mol. The Morgan fingerprint density at radius 3 is 2.48 bits per heavy atom. The maximum absolute atomic E-state index is 12.8. The van der Waals surface area contributed by atoms with Crippen LogP contribution in [0.2, 0.25) is 5.02 Å². The molecule has 0 saturated carbocycles. The summed E-state index contributed by atoms with van der Waals surface area (Å²) in [4.78, 5) is 0.0703. The Bertz CT molecular complexity index is 558. The second-order valence-corrected chi connectivity index (χ2v) is 7.61. The summed E-state index contributed by atoms with van der Waals surface area (Å²) in [5, 5.41) is 9.38. The van der Waals surface area contributed by atoms with Crippen LogP contribution in [-0.2, 0) is 16.6 Å². The van der Waals surface area contributed by atoms with Crippen LogP contribution in [0.15, 0.2) is 23.1 Å². The van der Waals surface area contributed by atoms with E-state index in [1.54, 1.807) is 6.07 Å². The van der Waals surface area contributed by atoms with E-state index in [1.165, 1.54) is 16.4 Å². The third-order valence-corrected chi connectivity index (χ3v) is 5.88. The highest BCUT2D eigenvalue weighted by atomic mass is 35.5. The molecule has 0 spiro atoms. The quantitative estimate of drug-likeness (QED) is 0.741. The lowest BCUT2D eigenvalue weighted by Crippen LogP contribution is -2.37. The summed E-state index contributed by atoms with van der Waals surface area (Å²) in [5.41, 5.74) is 0.537. The molecule has 0 fully saturated rings. The Hall–Kier alpha value is -0.620. The van der Waals surface area contributed by atoms with E-state index in [-0.39, 0.29) is 22.6 Å². The molecule has 0 saturated heterocycles. The number of halogens is 1. The summed E-state index contributed by atoms with van der Waals surface area (Å²) >= 11 is 6.06. The predicted octanol–water partition coefficient (Wildman–Crippen LogP) is 3.42. The van der Waals surface area contributed by atoms with Gasteiger partial charge in [0.05, 0.1) is 11.6 Å². The molecule has 0 radical (unpaired) electrons. The average molecular weight is 334 g/mol. The van der Waals surface area contributed by atoms with E-state index in [0.717, 1.165) is 19.3 Å². The second-order valence-electron chi connectivity index (χ2n) is 5.34. The number of hydrogen-bond donors (Lipinski definition) is 1. The molecule has 4 nitrogen and oxygen atoms in total. The Morgan fingerprint density at radius 2 is 1.95 bits per heavy atom. The number of sulfonamides is 1. The summed E-state index contributed by atoms with van der Waals surface area (Å²) in [7, 11) is -3.65. The summed E-state index contributed by atoms with van der Waals surface area (Å²) in [5.74, 6) is 0. The van der Waals surface area contributed by atoms with Gasteiger partial charge in [0.2, 0.25) is 10.0 Å². The van der Waals surface area contributed by atoms with Crippen LogP contribution in [0.25, 0.3) is 0 Å². The van der Waals surface area contributed by atoms with E-state index in [1.807, 2.05) is 13.8 Å². The molecule has 0 unspecified atom stereocenters. The SMILES string of the molecule is CCCCCN(C(C)C)S(=O)(=O)c1cc(CO)ccc1Cl. The number of aliphatic hydroxyl groups excluding tert-OH is 1. The molecule has 0 aliphatic carbocycles. The van der Waals surface area contributed by atoms with Crippen LogP contribution in [0.1, 0.15) is 45.6 Å². The molecule has 1 aromatic rings. The zero-order chi connectivity index (χ0) is 16.0. The zero-order valence-electron chi connectivity index (χ0n) is 12.8. The van der Waals surface area contributed by atoms with Gasteiger partial charge in [-0.2, -0.15) is 4.31 Å². The number of nitrogens with zero attached hydrogens (tertiary/aromatic N) is 1. The minimum absolute atomic E-state index is 0.0703. The van der Waals surface area contributed by atoms with E-state index >= 15 is 0 Å². The van der Waals surface area contributed by atoms with Crippen molar-refractivity contribution < 1.29 is 13.5 Å². The van der Waals surface area contributed by atoms with E-state index in [0.29, 0.717) is 12.1 Å². The highest BCUT2D eigenvalue weighted by Gasteiger charge is 2.28. The van der Waals surface area contributed by atoms with Crippen LogP contribution >= 0.6 is 11.6 Å². The third kappa shape index (κ3) is 4.68. The molecule has 21 heavy (non-hydrogen) atoms. The highest BCUT2D eigenvalue weighted by molar-refractivity contribution is 7.89.